The van der Waals surface area contributed by atoms with Gasteiger partial charge in [-0.25, -0.2) is 4.39 Å². The summed E-state index contributed by atoms with van der Waals surface area (Å²) in [5.74, 6) is 0.911. The van der Waals surface area contributed by atoms with Crippen LogP contribution in [-0.2, 0) is 19.6 Å². The summed E-state index contributed by atoms with van der Waals surface area (Å²) in [7, 11) is 1.61. The molecule has 0 fully saturated rings. The highest BCUT2D eigenvalue weighted by Crippen LogP contribution is 2.37. The van der Waals surface area contributed by atoms with Gasteiger partial charge in [0.15, 0.2) is 11.5 Å². The second kappa shape index (κ2) is 11.1. The van der Waals surface area contributed by atoms with Gasteiger partial charge < -0.3 is 14.8 Å². The van der Waals surface area contributed by atoms with E-state index in [2.05, 4.69) is 52.4 Å². The van der Waals surface area contributed by atoms with Gasteiger partial charge in [0, 0.05) is 18.2 Å². The van der Waals surface area contributed by atoms with Gasteiger partial charge in [0.25, 0.3) is 0 Å². The summed E-state index contributed by atoms with van der Waals surface area (Å²) in [6, 6.07) is 21.5. The zero-order chi connectivity index (χ0) is 21.3. The zero-order valence-corrected chi connectivity index (χ0v) is 18.9. The molecular formula is C25H27BrFNO2. The number of rotatable bonds is 10. The van der Waals surface area contributed by atoms with Crippen LogP contribution in [0.25, 0.3) is 0 Å². The van der Waals surface area contributed by atoms with Crippen LogP contribution < -0.4 is 14.8 Å². The van der Waals surface area contributed by atoms with Gasteiger partial charge in [0.05, 0.1) is 11.6 Å². The largest absolute Gasteiger partial charge is 0.493 e. The van der Waals surface area contributed by atoms with Crippen LogP contribution in [0.5, 0.6) is 11.5 Å². The third kappa shape index (κ3) is 6.31. The number of ether oxygens (including phenoxy) is 2. The number of hydrogen-bond acceptors (Lipinski definition) is 3. The summed E-state index contributed by atoms with van der Waals surface area (Å²) in [6.07, 6.45) is 2.11. The molecule has 0 aliphatic carbocycles. The van der Waals surface area contributed by atoms with Crippen molar-refractivity contribution in [1.29, 1.82) is 0 Å². The summed E-state index contributed by atoms with van der Waals surface area (Å²) in [5, 5.41) is 3.57. The second-order valence-corrected chi connectivity index (χ2v) is 8.15. The Kier molecular flexibility index (Phi) is 8.29. The molecule has 5 heteroatoms. The van der Waals surface area contributed by atoms with Crippen LogP contribution in [0.15, 0.2) is 71.2 Å². The molecule has 0 aromatic heterocycles. The summed E-state index contributed by atoms with van der Waals surface area (Å²) in [6.45, 7) is 3.05. The average molecular weight is 472 g/mol. The van der Waals surface area contributed by atoms with E-state index in [0.29, 0.717) is 23.1 Å². The van der Waals surface area contributed by atoms with E-state index in [1.54, 1.807) is 25.3 Å². The third-order valence-electron chi connectivity index (χ3n) is 4.98. The second-order valence-electron chi connectivity index (χ2n) is 7.30. The SMILES string of the molecule is COc1cc(CNC(C)CCc2ccccc2)cc(Br)c1OCc1ccccc1F. The molecule has 1 unspecified atom stereocenters. The molecule has 3 aromatic rings. The lowest BCUT2D eigenvalue weighted by Gasteiger charge is -2.17. The Bertz CT molecular complexity index is 949. The van der Waals surface area contributed by atoms with Crippen molar-refractivity contribution < 1.29 is 13.9 Å². The molecule has 0 radical (unpaired) electrons. The topological polar surface area (TPSA) is 30.5 Å². The van der Waals surface area contributed by atoms with E-state index in [0.717, 1.165) is 29.4 Å². The minimum atomic E-state index is -0.280. The zero-order valence-electron chi connectivity index (χ0n) is 17.3. The smallest absolute Gasteiger partial charge is 0.175 e. The van der Waals surface area contributed by atoms with E-state index in [1.807, 2.05) is 18.2 Å². The highest BCUT2D eigenvalue weighted by atomic mass is 79.9. The van der Waals surface area contributed by atoms with Crippen molar-refractivity contribution in [2.24, 2.45) is 0 Å². The number of aryl methyl sites for hydroxylation is 1. The monoisotopic (exact) mass is 471 g/mol. The maximum absolute atomic E-state index is 13.9. The summed E-state index contributed by atoms with van der Waals surface area (Å²) < 4.78 is 26.0. The molecule has 0 spiro atoms. The quantitative estimate of drug-likeness (QED) is 0.377. The molecule has 0 aliphatic heterocycles. The highest BCUT2D eigenvalue weighted by molar-refractivity contribution is 9.10. The molecule has 1 N–H and O–H groups in total. The Morgan fingerprint density at radius 1 is 1.00 bits per heavy atom. The molecule has 0 heterocycles. The molecule has 0 bridgehead atoms. The molecular weight excluding hydrogens is 445 g/mol. The van der Waals surface area contributed by atoms with Crippen LogP contribution in [-0.4, -0.2) is 13.2 Å². The van der Waals surface area contributed by atoms with Gasteiger partial charge in [0.2, 0.25) is 0 Å². The van der Waals surface area contributed by atoms with E-state index >= 15 is 0 Å². The molecule has 0 amide bonds. The molecule has 1 atom stereocenters. The first-order valence-corrected chi connectivity index (χ1v) is 10.9. The fourth-order valence-corrected chi connectivity index (χ4v) is 3.81. The van der Waals surface area contributed by atoms with Crippen molar-refractivity contribution in [3.63, 3.8) is 0 Å². The maximum atomic E-state index is 13.9. The van der Waals surface area contributed by atoms with Crippen molar-refractivity contribution in [3.8, 4) is 11.5 Å². The summed E-state index contributed by atoms with van der Waals surface area (Å²) in [5.41, 5.74) is 2.94. The lowest BCUT2D eigenvalue weighted by molar-refractivity contribution is 0.277. The first kappa shape index (κ1) is 22.3. The van der Waals surface area contributed by atoms with E-state index < -0.39 is 0 Å². The van der Waals surface area contributed by atoms with Crippen LogP contribution in [0.4, 0.5) is 4.39 Å². The summed E-state index contributed by atoms with van der Waals surface area (Å²) >= 11 is 3.57. The highest BCUT2D eigenvalue weighted by Gasteiger charge is 2.13. The minimum Gasteiger partial charge on any atom is -0.493 e. The van der Waals surface area contributed by atoms with Crippen LogP contribution in [0.2, 0.25) is 0 Å². The Morgan fingerprint density at radius 3 is 2.47 bits per heavy atom. The lowest BCUT2D eigenvalue weighted by Crippen LogP contribution is -2.26. The molecule has 30 heavy (non-hydrogen) atoms. The lowest BCUT2D eigenvalue weighted by atomic mass is 10.1. The number of hydrogen-bond donors (Lipinski definition) is 1. The van der Waals surface area contributed by atoms with Crippen molar-refractivity contribution in [3.05, 3.63) is 93.7 Å². The molecule has 3 aromatic carbocycles. The number of methoxy groups -OCH3 is 1. The Morgan fingerprint density at radius 2 is 1.73 bits per heavy atom. The van der Waals surface area contributed by atoms with E-state index in [9.17, 15) is 4.39 Å². The van der Waals surface area contributed by atoms with Crippen molar-refractivity contribution in [1.82, 2.24) is 5.32 Å². The van der Waals surface area contributed by atoms with Gasteiger partial charge in [0.1, 0.15) is 12.4 Å². The third-order valence-corrected chi connectivity index (χ3v) is 5.57. The van der Waals surface area contributed by atoms with Crippen molar-refractivity contribution in [2.45, 2.75) is 39.0 Å². The van der Waals surface area contributed by atoms with Gasteiger partial charge in [-0.3, -0.25) is 0 Å². The normalized spacial score (nSPS) is 11.9. The predicted octanol–water partition coefficient (Wildman–Crippen LogP) is 6.29. The van der Waals surface area contributed by atoms with E-state index in [1.165, 1.54) is 11.6 Å². The molecule has 3 rings (SSSR count). The van der Waals surface area contributed by atoms with Crippen LogP contribution in [0.1, 0.15) is 30.0 Å². The number of nitrogens with one attached hydrogen (secondary N) is 1. The first-order valence-electron chi connectivity index (χ1n) is 10.1. The standard InChI is InChI=1S/C25H27BrFNO2/c1-18(12-13-19-8-4-3-5-9-19)28-16-20-14-22(26)25(24(15-20)29-2)30-17-21-10-6-7-11-23(21)27/h3-11,14-15,18,28H,12-13,16-17H2,1-2H3. The van der Waals surface area contributed by atoms with E-state index in [4.69, 9.17) is 9.47 Å². The predicted molar refractivity (Wildman–Crippen MR) is 122 cm³/mol. The van der Waals surface area contributed by atoms with E-state index in [-0.39, 0.29) is 12.4 Å². The first-order chi connectivity index (χ1) is 14.6. The number of benzene rings is 3. The van der Waals surface area contributed by atoms with Gasteiger partial charge in [-0.05, 0) is 65.0 Å². The Balaban J connectivity index is 1.58. The molecule has 0 saturated heterocycles. The van der Waals surface area contributed by atoms with Crippen LogP contribution >= 0.6 is 15.9 Å². The Hall–Kier alpha value is -2.37. The van der Waals surface area contributed by atoms with Gasteiger partial charge in [-0.2, -0.15) is 0 Å². The molecule has 158 valence electrons. The fraction of sp³-hybridized carbons (Fsp3) is 0.280. The van der Waals surface area contributed by atoms with Crippen LogP contribution in [0, 0.1) is 5.82 Å². The minimum absolute atomic E-state index is 0.135. The van der Waals surface area contributed by atoms with Gasteiger partial charge in [-0.1, -0.05) is 48.5 Å². The maximum Gasteiger partial charge on any atom is 0.175 e. The molecule has 0 saturated carbocycles. The summed E-state index contributed by atoms with van der Waals surface area (Å²) in [4.78, 5) is 0. The van der Waals surface area contributed by atoms with Gasteiger partial charge >= 0.3 is 0 Å². The van der Waals surface area contributed by atoms with Gasteiger partial charge in [-0.15, -0.1) is 0 Å². The van der Waals surface area contributed by atoms with Crippen LogP contribution in [0.3, 0.4) is 0 Å². The molecule has 0 aliphatic rings. The molecule has 3 nitrogen and oxygen atoms in total. The number of halogens is 2. The van der Waals surface area contributed by atoms with Crippen molar-refractivity contribution in [2.75, 3.05) is 7.11 Å². The van der Waals surface area contributed by atoms with Crippen molar-refractivity contribution >= 4 is 15.9 Å². The average Bonchev–Trinajstić information content (AvgIpc) is 2.77. The fourth-order valence-electron chi connectivity index (χ4n) is 3.20. The Labute approximate surface area is 186 Å².